The summed E-state index contributed by atoms with van der Waals surface area (Å²) in [5, 5.41) is 18.8. The molecule has 1 aliphatic heterocycles. The number of benzene rings is 2. The number of likely N-dealkylation sites (N-methyl/N-ethyl adjacent to an activating group) is 1. The van der Waals surface area contributed by atoms with Gasteiger partial charge in [-0.2, -0.15) is 0 Å². The molecular formula is C36H52FN5O6. The van der Waals surface area contributed by atoms with Gasteiger partial charge in [-0.1, -0.05) is 26.2 Å². The average Bonchev–Trinajstić information content (AvgIpc) is 3.07. The maximum absolute atomic E-state index is 14.3. The minimum Gasteiger partial charge on any atom is -0.490 e. The predicted octanol–water partition coefficient (Wildman–Crippen LogP) is 6.24. The molecule has 0 aromatic heterocycles. The summed E-state index contributed by atoms with van der Waals surface area (Å²) in [6.07, 6.45) is 7.27. The minimum absolute atomic E-state index is 0.128. The van der Waals surface area contributed by atoms with Crippen molar-refractivity contribution in [1.29, 1.82) is 0 Å². The third-order valence-electron chi connectivity index (χ3n) is 9.14. The SMILES string of the molecule is C[C@H](CO)N1C[C@H](C)[C@H](CN(C)C(=O)NC2CCCCC2)OCCCC[C@H](C)Oc2ccc(NC(=O)Nc3ccc(F)cc3)cc2C1=O. The monoisotopic (exact) mass is 669 g/mol. The van der Waals surface area contributed by atoms with Crippen molar-refractivity contribution in [3.05, 3.63) is 53.8 Å². The summed E-state index contributed by atoms with van der Waals surface area (Å²) in [7, 11) is 1.77. The zero-order chi connectivity index (χ0) is 34.6. The molecule has 0 radical (unpaired) electrons. The highest BCUT2D eigenvalue weighted by atomic mass is 19.1. The number of amides is 5. The van der Waals surface area contributed by atoms with Gasteiger partial charge in [0.25, 0.3) is 5.91 Å². The zero-order valence-corrected chi connectivity index (χ0v) is 28.7. The van der Waals surface area contributed by atoms with E-state index in [2.05, 4.69) is 16.0 Å². The van der Waals surface area contributed by atoms with E-state index in [4.69, 9.17) is 9.47 Å². The van der Waals surface area contributed by atoms with Crippen LogP contribution in [0.4, 0.5) is 25.4 Å². The quantitative estimate of drug-likeness (QED) is 0.276. The van der Waals surface area contributed by atoms with Gasteiger partial charge in [0.1, 0.15) is 11.6 Å². The van der Waals surface area contributed by atoms with Gasteiger partial charge >= 0.3 is 12.1 Å². The first-order chi connectivity index (χ1) is 23.0. The molecule has 2 aliphatic rings. The number of rotatable bonds is 7. The van der Waals surface area contributed by atoms with Gasteiger partial charge in [-0.15, -0.1) is 0 Å². The van der Waals surface area contributed by atoms with Crippen molar-refractivity contribution in [3.63, 3.8) is 0 Å². The Morgan fingerprint density at radius 2 is 1.67 bits per heavy atom. The topological polar surface area (TPSA) is 132 Å². The Balaban J connectivity index is 1.55. The maximum atomic E-state index is 14.3. The standard InChI is InChI=1S/C36H52FN5O6/c1-24-21-42(25(2)23-43)34(44)31-20-30(39-35(45)38-29-15-13-27(37)14-16-29)17-18-32(31)48-26(3)10-8-9-19-47-33(24)22-41(4)36(46)40-28-11-6-5-7-12-28/h13-18,20,24-26,28,33,43H,5-12,19,21-23H2,1-4H3,(H,40,46)(H2,38,39,45)/t24-,25+,26-,33-/m0/s1. The number of ether oxygens (including phenoxy) is 2. The molecule has 11 nitrogen and oxygen atoms in total. The van der Waals surface area contributed by atoms with Crippen LogP contribution in [-0.4, -0.2) is 90.5 Å². The summed E-state index contributed by atoms with van der Waals surface area (Å²) < 4.78 is 26.0. The molecule has 5 amide bonds. The van der Waals surface area contributed by atoms with Gasteiger partial charge in [0, 0.05) is 50.1 Å². The van der Waals surface area contributed by atoms with Gasteiger partial charge in [0.2, 0.25) is 0 Å². The molecule has 48 heavy (non-hydrogen) atoms. The number of hydrogen-bond donors (Lipinski definition) is 4. The average molecular weight is 670 g/mol. The largest absolute Gasteiger partial charge is 0.490 e. The minimum atomic E-state index is -0.560. The summed E-state index contributed by atoms with van der Waals surface area (Å²) >= 11 is 0. The molecule has 0 bridgehead atoms. The molecule has 12 heteroatoms. The van der Waals surface area contributed by atoms with Gasteiger partial charge in [-0.05, 0) is 88.4 Å². The number of nitrogens with zero attached hydrogens (tertiary/aromatic N) is 2. The molecule has 1 aliphatic carbocycles. The van der Waals surface area contributed by atoms with E-state index in [-0.39, 0.29) is 54.8 Å². The van der Waals surface area contributed by atoms with Crippen LogP contribution in [0.2, 0.25) is 0 Å². The Labute approximate surface area is 283 Å². The maximum Gasteiger partial charge on any atom is 0.323 e. The number of anilines is 2. The molecule has 0 unspecified atom stereocenters. The van der Waals surface area contributed by atoms with Crippen LogP contribution < -0.4 is 20.7 Å². The summed E-state index contributed by atoms with van der Waals surface area (Å²) in [5.74, 6) is -0.598. The molecule has 0 saturated heterocycles. The molecule has 4 N–H and O–H groups in total. The molecule has 2 aromatic carbocycles. The summed E-state index contributed by atoms with van der Waals surface area (Å²) in [6, 6.07) is 9.25. The van der Waals surface area contributed by atoms with Crippen molar-refractivity contribution in [2.75, 3.05) is 44.0 Å². The number of halogens is 1. The van der Waals surface area contributed by atoms with Crippen molar-refractivity contribution < 1.29 is 33.4 Å². The lowest BCUT2D eigenvalue weighted by Gasteiger charge is -2.36. The Morgan fingerprint density at radius 1 is 1.00 bits per heavy atom. The fourth-order valence-corrected chi connectivity index (χ4v) is 6.17. The van der Waals surface area contributed by atoms with Crippen LogP contribution in [0.3, 0.4) is 0 Å². The highest BCUT2D eigenvalue weighted by molar-refractivity contribution is 6.02. The first-order valence-corrected chi connectivity index (χ1v) is 17.2. The van der Waals surface area contributed by atoms with E-state index in [1.807, 2.05) is 13.8 Å². The van der Waals surface area contributed by atoms with Crippen LogP contribution in [0.5, 0.6) is 5.75 Å². The van der Waals surface area contributed by atoms with E-state index in [0.29, 0.717) is 30.3 Å². The van der Waals surface area contributed by atoms with Crippen LogP contribution in [0.15, 0.2) is 42.5 Å². The smallest absolute Gasteiger partial charge is 0.323 e. The van der Waals surface area contributed by atoms with E-state index in [0.717, 1.165) is 44.9 Å². The van der Waals surface area contributed by atoms with Crippen LogP contribution >= 0.6 is 0 Å². The van der Waals surface area contributed by atoms with Crippen LogP contribution in [-0.2, 0) is 4.74 Å². The van der Waals surface area contributed by atoms with Gasteiger partial charge < -0.3 is 40.3 Å². The Bertz CT molecular complexity index is 1350. The second kappa shape index (κ2) is 18.0. The highest BCUT2D eigenvalue weighted by Gasteiger charge is 2.31. The van der Waals surface area contributed by atoms with Crippen molar-refractivity contribution in [3.8, 4) is 5.75 Å². The third kappa shape index (κ3) is 10.8. The molecule has 1 heterocycles. The number of urea groups is 2. The van der Waals surface area contributed by atoms with E-state index < -0.39 is 17.9 Å². The number of fused-ring (bicyclic) bond motifs is 1. The van der Waals surface area contributed by atoms with Crippen LogP contribution in [0, 0.1) is 11.7 Å². The van der Waals surface area contributed by atoms with Gasteiger partial charge in [-0.3, -0.25) is 4.79 Å². The fraction of sp³-hybridized carbons (Fsp3) is 0.583. The van der Waals surface area contributed by atoms with Gasteiger partial charge in [-0.25, -0.2) is 14.0 Å². The second-order valence-corrected chi connectivity index (χ2v) is 13.3. The van der Waals surface area contributed by atoms with Gasteiger partial charge in [0.05, 0.1) is 30.4 Å². The van der Waals surface area contributed by atoms with E-state index >= 15 is 0 Å². The first kappa shape index (κ1) is 36.9. The van der Waals surface area contributed by atoms with Crippen LogP contribution in [0.25, 0.3) is 0 Å². The van der Waals surface area contributed by atoms with Crippen molar-refractivity contribution in [2.24, 2.45) is 5.92 Å². The normalized spacial score (nSPS) is 22.0. The molecule has 1 fully saturated rings. The summed E-state index contributed by atoms with van der Waals surface area (Å²) in [6.45, 7) is 6.55. The molecule has 4 rings (SSSR count). The van der Waals surface area contributed by atoms with E-state index in [9.17, 15) is 23.9 Å². The van der Waals surface area contributed by atoms with Crippen molar-refractivity contribution >= 4 is 29.3 Å². The highest BCUT2D eigenvalue weighted by Crippen LogP contribution is 2.29. The summed E-state index contributed by atoms with van der Waals surface area (Å²) in [4.78, 5) is 43.5. The Kier molecular flexibility index (Phi) is 13.9. The van der Waals surface area contributed by atoms with Crippen molar-refractivity contribution in [1.82, 2.24) is 15.1 Å². The molecule has 2 aromatic rings. The lowest BCUT2D eigenvalue weighted by Crippen LogP contribution is -2.50. The zero-order valence-electron chi connectivity index (χ0n) is 28.7. The third-order valence-corrected chi connectivity index (χ3v) is 9.14. The Hall–Kier alpha value is -3.90. The molecule has 0 spiro atoms. The molecular weight excluding hydrogens is 617 g/mol. The lowest BCUT2D eigenvalue weighted by molar-refractivity contribution is -0.0123. The number of carbonyl (C=O) groups excluding carboxylic acids is 3. The number of nitrogens with one attached hydrogen (secondary N) is 3. The molecule has 1 saturated carbocycles. The first-order valence-electron chi connectivity index (χ1n) is 17.2. The van der Waals surface area contributed by atoms with E-state index in [1.165, 1.54) is 30.7 Å². The molecule has 264 valence electrons. The number of aliphatic hydroxyl groups is 1. The second-order valence-electron chi connectivity index (χ2n) is 13.3. The van der Waals surface area contributed by atoms with Crippen molar-refractivity contribution in [2.45, 2.75) is 96.4 Å². The lowest BCUT2D eigenvalue weighted by atomic mass is 9.96. The number of aliphatic hydroxyl groups excluding tert-OH is 1. The number of hydrogen-bond acceptors (Lipinski definition) is 6. The molecule has 4 atom stereocenters. The fourth-order valence-electron chi connectivity index (χ4n) is 6.17. The van der Waals surface area contributed by atoms with E-state index in [1.54, 1.807) is 42.0 Å². The Morgan fingerprint density at radius 3 is 2.38 bits per heavy atom. The van der Waals surface area contributed by atoms with Crippen LogP contribution in [0.1, 0.15) is 82.5 Å². The summed E-state index contributed by atoms with van der Waals surface area (Å²) in [5.41, 5.74) is 1.01. The number of carbonyl (C=O) groups is 3. The van der Waals surface area contributed by atoms with Gasteiger partial charge in [0.15, 0.2) is 0 Å². The predicted molar refractivity (Wildman–Crippen MR) is 184 cm³/mol.